The van der Waals surface area contributed by atoms with Crippen molar-refractivity contribution >= 4 is 16.9 Å². The Hall–Kier alpha value is -4.27. The first-order valence-corrected chi connectivity index (χ1v) is 9.38. The first-order valence-electron chi connectivity index (χ1n) is 9.38. The van der Waals surface area contributed by atoms with Crippen LogP contribution in [0.3, 0.4) is 0 Å². The summed E-state index contributed by atoms with van der Waals surface area (Å²) in [4.78, 5) is 25.1. The zero-order valence-corrected chi connectivity index (χ0v) is 16.2. The fraction of sp³-hybridized carbons (Fsp3) is 0.136. The van der Waals surface area contributed by atoms with Crippen molar-refractivity contribution in [1.82, 2.24) is 9.78 Å². The van der Waals surface area contributed by atoms with E-state index in [4.69, 9.17) is 9.15 Å². The zero-order chi connectivity index (χ0) is 21.9. The molecule has 9 nitrogen and oxygen atoms in total. The van der Waals surface area contributed by atoms with Crippen molar-refractivity contribution in [2.24, 2.45) is 7.05 Å². The smallest absolute Gasteiger partial charge is 0.312 e. The summed E-state index contributed by atoms with van der Waals surface area (Å²) in [5.41, 5.74) is 1.06. The molecule has 156 valence electrons. The molecule has 3 N–H and O–H groups in total. The van der Waals surface area contributed by atoms with E-state index in [-0.39, 0.29) is 46.1 Å². The summed E-state index contributed by atoms with van der Waals surface area (Å²) in [7, 11) is 1.73. The van der Waals surface area contributed by atoms with Crippen LogP contribution >= 0.6 is 0 Å². The summed E-state index contributed by atoms with van der Waals surface area (Å²) in [5, 5.41) is 34.0. The topological polar surface area (TPSA) is 135 Å². The summed E-state index contributed by atoms with van der Waals surface area (Å²) in [5.74, 6) is -1.86. The lowest BCUT2D eigenvalue weighted by atomic mass is 9.88. The van der Waals surface area contributed by atoms with E-state index in [2.05, 4.69) is 5.10 Å². The number of aryl methyl sites for hydroxylation is 1. The quantitative estimate of drug-likeness (QED) is 0.256. The van der Waals surface area contributed by atoms with Crippen molar-refractivity contribution in [1.29, 1.82) is 0 Å². The highest BCUT2D eigenvalue weighted by atomic mass is 16.5. The molecule has 0 spiro atoms. The number of aromatic hydroxyl groups is 3. The van der Waals surface area contributed by atoms with Gasteiger partial charge in [0.05, 0.1) is 6.42 Å². The molecule has 2 aromatic heterocycles. The van der Waals surface area contributed by atoms with Crippen LogP contribution in [-0.2, 0) is 11.8 Å². The molecule has 5 rings (SSSR count). The molecule has 9 heteroatoms. The third-order valence-electron chi connectivity index (χ3n) is 5.40. The Balaban J connectivity index is 1.84. The van der Waals surface area contributed by atoms with Crippen molar-refractivity contribution < 1.29 is 29.3 Å². The molecule has 2 aromatic carbocycles. The van der Waals surface area contributed by atoms with Gasteiger partial charge in [-0.3, -0.25) is 14.3 Å². The first-order chi connectivity index (χ1) is 14.8. The number of aromatic nitrogens is 2. The lowest BCUT2D eigenvalue weighted by Gasteiger charge is -2.25. The monoisotopic (exact) mass is 420 g/mol. The maximum Gasteiger partial charge on any atom is 0.312 e. The summed E-state index contributed by atoms with van der Waals surface area (Å²) < 4.78 is 13.0. The van der Waals surface area contributed by atoms with Crippen molar-refractivity contribution in [2.75, 3.05) is 0 Å². The van der Waals surface area contributed by atoms with Crippen LogP contribution in [-0.4, -0.2) is 31.1 Å². The Bertz CT molecular complexity index is 1430. The van der Waals surface area contributed by atoms with Crippen LogP contribution in [0.2, 0.25) is 0 Å². The summed E-state index contributed by atoms with van der Waals surface area (Å²) in [6.07, 6.45) is 1.60. The molecule has 1 atom stereocenters. The molecule has 0 saturated heterocycles. The molecule has 0 unspecified atom stereocenters. The minimum Gasteiger partial charge on any atom is -0.507 e. The Morgan fingerprint density at radius 3 is 2.55 bits per heavy atom. The van der Waals surface area contributed by atoms with Gasteiger partial charge in [-0.05, 0) is 24.3 Å². The van der Waals surface area contributed by atoms with Crippen LogP contribution in [0.1, 0.15) is 23.6 Å². The minimum atomic E-state index is -0.515. The van der Waals surface area contributed by atoms with Gasteiger partial charge in [0.2, 0.25) is 0 Å². The largest absolute Gasteiger partial charge is 0.507 e. The Morgan fingerprint density at radius 2 is 1.84 bits per heavy atom. The number of hydrogen-bond donors (Lipinski definition) is 3. The van der Waals surface area contributed by atoms with Crippen LogP contribution in [0, 0.1) is 0 Å². The number of nitrogens with zero attached hydrogens (tertiary/aromatic N) is 2. The highest BCUT2D eigenvalue weighted by Crippen LogP contribution is 2.46. The predicted molar refractivity (Wildman–Crippen MR) is 108 cm³/mol. The van der Waals surface area contributed by atoms with E-state index in [1.54, 1.807) is 24.0 Å². The minimum absolute atomic E-state index is 0.000341. The van der Waals surface area contributed by atoms with Gasteiger partial charge in [-0.1, -0.05) is 0 Å². The number of carbonyl (C=O) groups is 1. The standard InChI is InChI=1S/C22H16N2O7/c1-24-12(4-5-23-24)11-7-19(29)30-18-9-16(28)21-15(27)8-17(31-22(21)20(11)18)10-2-3-13(25)14(26)6-10/h2-6,8-9,11,25-26,28H,7H2,1H3/t11-/m1/s1. The van der Waals surface area contributed by atoms with E-state index < -0.39 is 17.3 Å². The van der Waals surface area contributed by atoms with E-state index in [1.807, 2.05) is 0 Å². The third kappa shape index (κ3) is 2.90. The maximum absolute atomic E-state index is 12.9. The second kappa shape index (κ2) is 6.63. The fourth-order valence-electron chi connectivity index (χ4n) is 3.96. The van der Waals surface area contributed by atoms with Crippen molar-refractivity contribution in [3.63, 3.8) is 0 Å². The highest BCUT2D eigenvalue weighted by molar-refractivity contribution is 5.93. The molecule has 0 radical (unpaired) electrons. The molecule has 0 aliphatic carbocycles. The zero-order valence-electron chi connectivity index (χ0n) is 16.2. The maximum atomic E-state index is 12.9. The average Bonchev–Trinajstić information content (AvgIpc) is 3.14. The molecule has 31 heavy (non-hydrogen) atoms. The van der Waals surface area contributed by atoms with E-state index in [9.17, 15) is 24.9 Å². The lowest BCUT2D eigenvalue weighted by Crippen LogP contribution is -2.23. The fourth-order valence-corrected chi connectivity index (χ4v) is 3.96. The highest BCUT2D eigenvalue weighted by Gasteiger charge is 2.35. The molecule has 4 aromatic rings. The first kappa shape index (κ1) is 18.7. The van der Waals surface area contributed by atoms with Crippen LogP contribution < -0.4 is 10.2 Å². The van der Waals surface area contributed by atoms with Gasteiger partial charge in [0, 0.05) is 48.1 Å². The lowest BCUT2D eigenvalue weighted by molar-refractivity contribution is -0.135. The Kier molecular flexibility index (Phi) is 4.01. The number of hydrogen-bond acceptors (Lipinski definition) is 8. The molecule has 0 amide bonds. The number of rotatable bonds is 2. The summed E-state index contributed by atoms with van der Waals surface area (Å²) in [6, 6.07) is 8.19. The SMILES string of the molecule is Cn1nccc1[C@H]1CC(=O)Oc2cc(O)c3c(=O)cc(-c4ccc(O)c(O)c4)oc3c21. The third-order valence-corrected chi connectivity index (χ3v) is 5.40. The van der Waals surface area contributed by atoms with Gasteiger partial charge in [-0.25, -0.2) is 0 Å². The van der Waals surface area contributed by atoms with Gasteiger partial charge in [0.25, 0.3) is 0 Å². The van der Waals surface area contributed by atoms with Gasteiger partial charge in [0.1, 0.15) is 28.2 Å². The second-order valence-corrected chi connectivity index (χ2v) is 7.30. The number of ether oxygens (including phenoxy) is 1. The van der Waals surface area contributed by atoms with Gasteiger partial charge in [-0.2, -0.15) is 5.10 Å². The second-order valence-electron chi connectivity index (χ2n) is 7.30. The van der Waals surface area contributed by atoms with E-state index in [1.165, 1.54) is 30.3 Å². The average molecular weight is 420 g/mol. The van der Waals surface area contributed by atoms with Crippen LogP contribution in [0.4, 0.5) is 0 Å². The number of fused-ring (bicyclic) bond motifs is 3. The van der Waals surface area contributed by atoms with E-state index in [0.717, 1.165) is 0 Å². The molecule has 3 heterocycles. The molecule has 0 fully saturated rings. The van der Waals surface area contributed by atoms with Gasteiger partial charge < -0.3 is 24.5 Å². The van der Waals surface area contributed by atoms with Crippen molar-refractivity contribution in [3.05, 3.63) is 64.1 Å². The summed E-state index contributed by atoms with van der Waals surface area (Å²) >= 11 is 0. The normalized spacial score (nSPS) is 15.6. The molecule has 0 bridgehead atoms. The van der Waals surface area contributed by atoms with E-state index >= 15 is 0 Å². The molecule has 1 aliphatic heterocycles. The Morgan fingerprint density at radius 1 is 1.03 bits per heavy atom. The molecule has 0 saturated carbocycles. The van der Waals surface area contributed by atoms with Crippen LogP contribution in [0.15, 0.2) is 51.8 Å². The molecule has 1 aliphatic rings. The van der Waals surface area contributed by atoms with Crippen molar-refractivity contribution in [3.8, 4) is 34.3 Å². The summed E-state index contributed by atoms with van der Waals surface area (Å²) in [6.45, 7) is 0. The van der Waals surface area contributed by atoms with Gasteiger partial charge in [0.15, 0.2) is 16.9 Å². The molecular formula is C22H16N2O7. The van der Waals surface area contributed by atoms with Gasteiger partial charge in [-0.15, -0.1) is 0 Å². The number of phenolic OH excluding ortho intramolecular Hbond substituents is 3. The van der Waals surface area contributed by atoms with Gasteiger partial charge >= 0.3 is 5.97 Å². The van der Waals surface area contributed by atoms with Crippen LogP contribution in [0.25, 0.3) is 22.3 Å². The number of carbonyl (C=O) groups excluding carboxylic acids is 1. The van der Waals surface area contributed by atoms with Crippen LogP contribution in [0.5, 0.6) is 23.0 Å². The number of benzene rings is 2. The predicted octanol–water partition coefficient (Wildman–Crippen LogP) is 2.75. The number of phenols is 3. The van der Waals surface area contributed by atoms with Crippen molar-refractivity contribution in [2.45, 2.75) is 12.3 Å². The Labute approximate surface area is 174 Å². The number of esters is 1. The van der Waals surface area contributed by atoms with E-state index in [0.29, 0.717) is 16.8 Å². The molecular weight excluding hydrogens is 404 g/mol.